The summed E-state index contributed by atoms with van der Waals surface area (Å²) in [7, 11) is 0. The van der Waals surface area contributed by atoms with Crippen LogP contribution in [0.1, 0.15) is 23.1 Å². The lowest BCUT2D eigenvalue weighted by atomic mass is 9.66. The zero-order valence-corrected chi connectivity index (χ0v) is 19.3. The van der Waals surface area contributed by atoms with Crippen molar-refractivity contribution < 1.29 is 19.1 Å². The van der Waals surface area contributed by atoms with E-state index in [2.05, 4.69) is 15.9 Å². The third kappa shape index (κ3) is 2.86. The Morgan fingerprint density at radius 3 is 2.50 bits per heavy atom. The number of nitrogens with zero attached hydrogens (tertiary/aromatic N) is 1. The van der Waals surface area contributed by atoms with Gasteiger partial charge in [-0.3, -0.25) is 19.3 Å². The zero-order chi connectivity index (χ0) is 22.6. The Morgan fingerprint density at radius 2 is 1.78 bits per heavy atom. The maximum Gasteiger partial charge on any atom is 0.327 e. The van der Waals surface area contributed by atoms with Crippen LogP contribution < -0.4 is 9.64 Å². The highest BCUT2D eigenvalue weighted by molar-refractivity contribution is 9.10. The molecular formula is C25H17BrClNO4. The number of amides is 2. The summed E-state index contributed by atoms with van der Waals surface area (Å²) >= 11 is 9.70. The number of carbonyl (C=O) groups excluding carboxylic acids is 3. The topological polar surface area (TPSA) is 63.7 Å². The highest BCUT2D eigenvalue weighted by Crippen LogP contribution is 2.54. The van der Waals surface area contributed by atoms with E-state index in [1.165, 1.54) is 0 Å². The number of imide groups is 1. The zero-order valence-electron chi connectivity index (χ0n) is 17.0. The predicted octanol–water partition coefficient (Wildman–Crippen LogP) is 5.20. The van der Waals surface area contributed by atoms with Crippen molar-refractivity contribution in [3.05, 3.63) is 92.9 Å². The Morgan fingerprint density at radius 1 is 1.03 bits per heavy atom. The number of benzene rings is 3. The maximum atomic E-state index is 13.8. The van der Waals surface area contributed by atoms with Gasteiger partial charge in [-0.1, -0.05) is 60.1 Å². The van der Waals surface area contributed by atoms with Gasteiger partial charge >= 0.3 is 5.97 Å². The number of carbonyl (C=O) groups is 3. The molecule has 2 aliphatic heterocycles. The summed E-state index contributed by atoms with van der Waals surface area (Å²) in [5.41, 5.74) is 0.970. The van der Waals surface area contributed by atoms with Crippen molar-refractivity contribution in [1.82, 2.24) is 0 Å². The lowest BCUT2D eigenvalue weighted by molar-refractivity contribution is -0.141. The molecule has 1 saturated heterocycles. The van der Waals surface area contributed by atoms with Gasteiger partial charge in [0.2, 0.25) is 11.8 Å². The molecule has 0 radical (unpaired) electrons. The normalized spacial score (nSPS) is 22.3. The summed E-state index contributed by atoms with van der Waals surface area (Å²) in [6.07, 6.45) is -0.125. The van der Waals surface area contributed by atoms with Crippen molar-refractivity contribution in [2.24, 2.45) is 5.92 Å². The fourth-order valence-electron chi connectivity index (χ4n) is 4.67. The first kappa shape index (κ1) is 20.9. The lowest BCUT2D eigenvalue weighted by Gasteiger charge is -2.31. The molecule has 0 spiro atoms. The standard InChI is InChI=1S/C25H17BrClNO4/c1-14-10-11-16(12-20(14)27)28-21(29)13-18(23(28)30)25(15-6-3-2-4-7-15)17-8-5-9-19(26)22(17)32-24(25)31/h2-12,18H,13H2,1H3/t18-,25+/m1/s1. The first-order valence-corrected chi connectivity index (χ1v) is 11.2. The van der Waals surface area contributed by atoms with Crippen LogP contribution in [0.4, 0.5) is 5.69 Å². The van der Waals surface area contributed by atoms with E-state index in [1.807, 2.05) is 13.0 Å². The summed E-state index contributed by atoms with van der Waals surface area (Å²) < 4.78 is 6.30. The van der Waals surface area contributed by atoms with Crippen LogP contribution in [0.2, 0.25) is 5.02 Å². The molecule has 2 atom stereocenters. The first-order valence-electron chi connectivity index (χ1n) is 10.1. The molecular weight excluding hydrogens is 494 g/mol. The highest BCUT2D eigenvalue weighted by atomic mass is 79.9. The van der Waals surface area contributed by atoms with Gasteiger partial charge in [-0.15, -0.1) is 0 Å². The molecule has 5 nitrogen and oxygen atoms in total. The quantitative estimate of drug-likeness (QED) is 0.276. The molecule has 160 valence electrons. The number of anilines is 1. The van der Waals surface area contributed by atoms with Crippen molar-refractivity contribution in [2.45, 2.75) is 18.8 Å². The lowest BCUT2D eigenvalue weighted by Crippen LogP contribution is -2.46. The van der Waals surface area contributed by atoms with Crippen molar-refractivity contribution in [2.75, 3.05) is 4.90 Å². The monoisotopic (exact) mass is 509 g/mol. The fourth-order valence-corrected chi connectivity index (χ4v) is 5.30. The Balaban J connectivity index is 1.71. The van der Waals surface area contributed by atoms with Gasteiger partial charge in [-0.2, -0.15) is 0 Å². The molecule has 0 saturated carbocycles. The number of hydrogen-bond donors (Lipinski definition) is 0. The second-order valence-electron chi connectivity index (χ2n) is 7.94. The second kappa shape index (κ2) is 7.57. The molecule has 2 amide bonds. The van der Waals surface area contributed by atoms with Gasteiger partial charge in [0.25, 0.3) is 0 Å². The van der Waals surface area contributed by atoms with Crippen LogP contribution in [0.25, 0.3) is 0 Å². The molecule has 0 N–H and O–H groups in total. The average molecular weight is 511 g/mol. The molecule has 3 aromatic carbocycles. The number of rotatable bonds is 3. The molecule has 32 heavy (non-hydrogen) atoms. The van der Waals surface area contributed by atoms with E-state index in [-0.39, 0.29) is 12.3 Å². The number of fused-ring (bicyclic) bond motifs is 1. The van der Waals surface area contributed by atoms with E-state index in [4.69, 9.17) is 16.3 Å². The largest absolute Gasteiger partial charge is 0.424 e. The van der Waals surface area contributed by atoms with Crippen LogP contribution in [-0.4, -0.2) is 17.8 Å². The number of hydrogen-bond acceptors (Lipinski definition) is 4. The Bertz CT molecular complexity index is 1290. The Hall–Kier alpha value is -2.96. The van der Waals surface area contributed by atoms with E-state index in [0.717, 1.165) is 10.5 Å². The van der Waals surface area contributed by atoms with Crippen LogP contribution >= 0.6 is 27.5 Å². The third-order valence-electron chi connectivity index (χ3n) is 6.22. The summed E-state index contributed by atoms with van der Waals surface area (Å²) in [6.45, 7) is 1.84. The molecule has 2 heterocycles. The van der Waals surface area contributed by atoms with E-state index < -0.39 is 23.2 Å². The number of ether oxygens (including phenoxy) is 1. The van der Waals surface area contributed by atoms with Gasteiger partial charge in [0.05, 0.1) is 16.1 Å². The number of aryl methyl sites for hydroxylation is 1. The molecule has 2 aliphatic rings. The van der Waals surface area contributed by atoms with Crippen LogP contribution in [-0.2, 0) is 19.8 Å². The van der Waals surface area contributed by atoms with Crippen LogP contribution in [0.15, 0.2) is 71.2 Å². The van der Waals surface area contributed by atoms with E-state index >= 15 is 0 Å². The molecule has 3 aromatic rings. The van der Waals surface area contributed by atoms with Crippen LogP contribution in [0.3, 0.4) is 0 Å². The predicted molar refractivity (Wildman–Crippen MR) is 124 cm³/mol. The van der Waals surface area contributed by atoms with Crippen molar-refractivity contribution in [3.63, 3.8) is 0 Å². The molecule has 1 fully saturated rings. The van der Waals surface area contributed by atoms with Crippen molar-refractivity contribution in [3.8, 4) is 5.75 Å². The van der Waals surface area contributed by atoms with Crippen molar-refractivity contribution in [1.29, 1.82) is 0 Å². The minimum Gasteiger partial charge on any atom is -0.424 e. The Labute approximate surface area is 198 Å². The molecule has 0 bridgehead atoms. The van der Waals surface area contributed by atoms with E-state index in [0.29, 0.717) is 32.1 Å². The van der Waals surface area contributed by atoms with Crippen molar-refractivity contribution >= 4 is 51.0 Å². The van der Waals surface area contributed by atoms with Gasteiger partial charge in [-0.25, -0.2) is 0 Å². The maximum absolute atomic E-state index is 13.8. The van der Waals surface area contributed by atoms with Gasteiger partial charge in [0, 0.05) is 17.0 Å². The highest BCUT2D eigenvalue weighted by Gasteiger charge is 2.62. The molecule has 0 aliphatic carbocycles. The molecule has 0 unspecified atom stereocenters. The fraction of sp³-hybridized carbons (Fsp3) is 0.160. The number of para-hydroxylation sites is 1. The van der Waals surface area contributed by atoms with Gasteiger partial charge in [0.15, 0.2) is 0 Å². The average Bonchev–Trinajstić information content (AvgIpc) is 3.25. The SMILES string of the molecule is Cc1ccc(N2C(=O)C[C@@H]([C@@]3(c4ccccc4)C(=O)Oc4c(Br)cccc43)C2=O)cc1Cl. The molecule has 0 aromatic heterocycles. The smallest absolute Gasteiger partial charge is 0.327 e. The van der Waals surface area contributed by atoms with E-state index in [1.54, 1.807) is 60.7 Å². The van der Waals surface area contributed by atoms with Gasteiger partial charge in [-0.05, 0) is 52.2 Å². The summed E-state index contributed by atoms with van der Waals surface area (Å²) in [4.78, 5) is 41.5. The first-order chi connectivity index (χ1) is 15.4. The van der Waals surface area contributed by atoms with Gasteiger partial charge < -0.3 is 4.74 Å². The van der Waals surface area contributed by atoms with Gasteiger partial charge in [0.1, 0.15) is 11.2 Å². The van der Waals surface area contributed by atoms with Crippen LogP contribution in [0.5, 0.6) is 5.75 Å². The number of halogens is 2. The second-order valence-corrected chi connectivity index (χ2v) is 9.20. The number of esters is 1. The summed E-state index contributed by atoms with van der Waals surface area (Å²) in [5.74, 6) is -1.99. The summed E-state index contributed by atoms with van der Waals surface area (Å²) in [5, 5.41) is 0.457. The summed E-state index contributed by atoms with van der Waals surface area (Å²) in [6, 6.07) is 19.4. The Kier molecular flexibility index (Phi) is 4.95. The third-order valence-corrected chi connectivity index (χ3v) is 7.25. The minimum atomic E-state index is -1.43. The molecule has 7 heteroatoms. The van der Waals surface area contributed by atoms with E-state index in [9.17, 15) is 14.4 Å². The van der Waals surface area contributed by atoms with Crippen LogP contribution in [0, 0.1) is 12.8 Å². The molecule has 5 rings (SSSR count). The minimum absolute atomic E-state index is 0.125.